The average Bonchev–Trinajstić information content (AvgIpc) is 2.46. The van der Waals surface area contributed by atoms with Crippen molar-refractivity contribution < 1.29 is 14.3 Å². The van der Waals surface area contributed by atoms with Crippen molar-refractivity contribution in [2.75, 3.05) is 0 Å². The Morgan fingerprint density at radius 2 is 1.47 bits per heavy atom. The van der Waals surface area contributed by atoms with Gasteiger partial charge in [-0.15, -0.1) is 0 Å². The zero-order valence-electron chi connectivity index (χ0n) is 10.1. The molecule has 2 amide bonds. The summed E-state index contributed by atoms with van der Waals surface area (Å²) in [5.74, 6) is -0.606. The molecule has 0 unspecified atom stereocenters. The molecule has 19 heavy (non-hydrogen) atoms. The first kappa shape index (κ1) is 11.5. The third-order valence-electron chi connectivity index (χ3n) is 3.01. The predicted octanol–water partition coefficient (Wildman–Crippen LogP) is 2.65. The number of hydrogen-bond acceptors (Lipinski definition) is 2. The Kier molecular flexibility index (Phi) is 2.76. The molecule has 0 aromatic heterocycles. The third-order valence-corrected chi connectivity index (χ3v) is 3.01. The number of amides is 2. The fourth-order valence-electron chi connectivity index (χ4n) is 2.07. The van der Waals surface area contributed by atoms with Crippen LogP contribution in [0.25, 0.3) is 0 Å². The van der Waals surface area contributed by atoms with Crippen LogP contribution in [0.4, 0.5) is 0 Å². The Balaban J connectivity index is 1.97. The van der Waals surface area contributed by atoms with Crippen LogP contribution < -0.4 is 0 Å². The van der Waals surface area contributed by atoms with Crippen LogP contribution >= 0.6 is 0 Å². The van der Waals surface area contributed by atoms with Crippen molar-refractivity contribution in [3.63, 3.8) is 0 Å². The quantitative estimate of drug-likeness (QED) is 0.770. The van der Waals surface area contributed by atoms with Gasteiger partial charge in [0.1, 0.15) is 5.56 Å². The summed E-state index contributed by atoms with van der Waals surface area (Å²) in [6, 6.07) is 16.2. The van der Waals surface area contributed by atoms with Crippen molar-refractivity contribution in [2.45, 2.75) is 6.54 Å². The summed E-state index contributed by atoms with van der Waals surface area (Å²) in [4.78, 5) is 24.1. The highest BCUT2D eigenvalue weighted by atomic mass is 16.2. The van der Waals surface area contributed by atoms with Gasteiger partial charge in [0.25, 0.3) is 0 Å². The van der Waals surface area contributed by atoms with E-state index in [-0.39, 0.29) is 11.8 Å². The highest BCUT2D eigenvalue weighted by molar-refractivity contribution is 6.06. The van der Waals surface area contributed by atoms with Crippen LogP contribution in [-0.2, 0) is 6.54 Å². The first-order valence-electron chi connectivity index (χ1n) is 5.96. The molecule has 0 bridgehead atoms. The minimum Gasteiger partial charge on any atom is -0.260 e. The van der Waals surface area contributed by atoms with Crippen molar-refractivity contribution in [3.8, 4) is 0 Å². The monoisotopic (exact) mass is 251 g/mol. The van der Waals surface area contributed by atoms with E-state index in [9.17, 15) is 9.59 Å². The molecule has 0 saturated carbocycles. The van der Waals surface area contributed by atoms with Gasteiger partial charge in [0.15, 0.2) is 0 Å². The Bertz CT molecular complexity index is 690. The maximum atomic E-state index is 12.2. The van der Waals surface area contributed by atoms with Crippen molar-refractivity contribution in [3.05, 3.63) is 71.3 Å². The summed E-state index contributed by atoms with van der Waals surface area (Å²) < 4.78 is 1.22. The van der Waals surface area contributed by atoms with Gasteiger partial charge in [-0.05, 0) is 16.8 Å². The van der Waals surface area contributed by atoms with Crippen LogP contribution in [0.1, 0.15) is 26.3 Å². The summed E-state index contributed by atoms with van der Waals surface area (Å²) in [6.07, 6.45) is 0. The third kappa shape index (κ3) is 2.08. The Morgan fingerprint density at radius 1 is 0.842 bits per heavy atom. The topological polar surface area (TPSA) is 49.5 Å². The van der Waals surface area contributed by atoms with Crippen molar-refractivity contribution >= 4 is 11.8 Å². The molecule has 0 radical (unpaired) electrons. The van der Waals surface area contributed by atoms with Gasteiger partial charge >= 0.3 is 11.8 Å². The molecule has 0 spiro atoms. The number of fused-ring (bicyclic) bond motifs is 1. The highest BCUT2D eigenvalue weighted by Gasteiger charge is 2.34. The molecule has 1 heterocycles. The van der Waals surface area contributed by atoms with Gasteiger partial charge in [0, 0.05) is 10.7 Å². The second-order valence-electron chi connectivity index (χ2n) is 4.30. The molecular weight excluding hydrogens is 240 g/mol. The smallest absolute Gasteiger partial charge is 0.260 e. The number of carbonyl (C=O) groups is 2. The number of rotatable bonds is 2. The van der Waals surface area contributed by atoms with Crippen LogP contribution in [0.15, 0.2) is 59.7 Å². The summed E-state index contributed by atoms with van der Waals surface area (Å²) in [5, 5.41) is 3.84. The van der Waals surface area contributed by atoms with Gasteiger partial charge in [-0.2, -0.15) is 0 Å². The zero-order chi connectivity index (χ0) is 13.2. The molecule has 0 aliphatic carbocycles. The maximum absolute atomic E-state index is 12.2. The van der Waals surface area contributed by atoms with Crippen LogP contribution in [0.5, 0.6) is 0 Å². The average molecular weight is 251 g/mol. The lowest BCUT2D eigenvalue weighted by Gasteiger charge is -2.07. The van der Waals surface area contributed by atoms with Crippen molar-refractivity contribution in [1.82, 2.24) is 0 Å². The molecule has 0 fully saturated rings. The zero-order valence-corrected chi connectivity index (χ0v) is 10.1. The van der Waals surface area contributed by atoms with E-state index in [1.807, 2.05) is 30.3 Å². The van der Waals surface area contributed by atoms with Crippen LogP contribution in [0.2, 0.25) is 0 Å². The summed E-state index contributed by atoms with van der Waals surface area (Å²) in [6.45, 7) is 0.305. The van der Waals surface area contributed by atoms with Crippen LogP contribution in [0, 0.1) is 0 Å². The van der Waals surface area contributed by atoms with E-state index in [0.29, 0.717) is 17.7 Å². The Hall–Kier alpha value is -2.62. The van der Waals surface area contributed by atoms with E-state index in [0.717, 1.165) is 5.56 Å². The molecular formula is C15H11N2O2+. The van der Waals surface area contributed by atoms with Crippen molar-refractivity contribution in [2.24, 2.45) is 5.11 Å². The van der Waals surface area contributed by atoms with E-state index >= 15 is 0 Å². The first-order chi connectivity index (χ1) is 9.25. The molecule has 0 saturated heterocycles. The van der Waals surface area contributed by atoms with Crippen molar-refractivity contribution in [1.29, 1.82) is 0 Å². The van der Waals surface area contributed by atoms with Gasteiger partial charge < -0.3 is 0 Å². The maximum Gasteiger partial charge on any atom is 0.445 e. The minimum atomic E-state index is -0.369. The molecule has 4 nitrogen and oxygen atoms in total. The lowest BCUT2D eigenvalue weighted by molar-refractivity contribution is -0.510. The lowest BCUT2D eigenvalue weighted by atomic mass is 10.0. The molecule has 92 valence electrons. The highest BCUT2D eigenvalue weighted by Crippen LogP contribution is 2.18. The minimum absolute atomic E-state index is 0.237. The standard InChI is InChI=1S/C15H11N2O2/c18-14-12-8-4-5-9-13(12)15(19)17(16-14)10-11-6-2-1-3-7-11/h1-9H,10H2/q+1. The van der Waals surface area contributed by atoms with Gasteiger partial charge in [0.2, 0.25) is 6.54 Å². The molecule has 1 aliphatic rings. The van der Waals surface area contributed by atoms with Gasteiger partial charge in [0.05, 0.1) is 5.56 Å². The second kappa shape index (κ2) is 4.57. The number of hydrogen-bond donors (Lipinski definition) is 0. The van der Waals surface area contributed by atoms with E-state index in [2.05, 4.69) is 5.11 Å². The number of nitrogens with zero attached hydrogens (tertiary/aromatic N) is 2. The number of azo groups is 2. The van der Waals surface area contributed by atoms with E-state index < -0.39 is 0 Å². The molecule has 1 aliphatic heterocycles. The molecule has 3 rings (SSSR count). The van der Waals surface area contributed by atoms with E-state index in [4.69, 9.17) is 0 Å². The van der Waals surface area contributed by atoms with Gasteiger partial charge in [-0.1, -0.05) is 42.5 Å². The van der Waals surface area contributed by atoms with Crippen LogP contribution in [0.3, 0.4) is 0 Å². The largest absolute Gasteiger partial charge is 0.445 e. The second-order valence-corrected chi connectivity index (χ2v) is 4.30. The first-order valence-corrected chi connectivity index (χ1v) is 5.96. The Morgan fingerprint density at radius 3 is 2.21 bits per heavy atom. The molecule has 0 atom stereocenters. The predicted molar refractivity (Wildman–Crippen MR) is 67.9 cm³/mol. The number of benzene rings is 2. The lowest BCUT2D eigenvalue weighted by Crippen LogP contribution is -2.27. The van der Waals surface area contributed by atoms with Gasteiger partial charge in [-0.3, -0.25) is 4.79 Å². The van der Waals surface area contributed by atoms with E-state index in [1.165, 1.54) is 4.70 Å². The molecule has 4 heteroatoms. The molecule has 2 aromatic carbocycles. The summed E-state index contributed by atoms with van der Waals surface area (Å²) in [7, 11) is 0. The molecule has 2 aromatic rings. The normalized spacial score (nSPS) is 14.0. The fourth-order valence-corrected chi connectivity index (χ4v) is 2.07. The molecule has 0 N–H and O–H groups in total. The van der Waals surface area contributed by atoms with Gasteiger partial charge in [-0.25, -0.2) is 4.79 Å². The number of carbonyl (C=O) groups excluding carboxylic acids is 2. The van der Waals surface area contributed by atoms with E-state index in [1.54, 1.807) is 24.3 Å². The Labute approximate surface area is 110 Å². The SMILES string of the molecule is O=C1N=[N+](Cc2ccccc2)C(=O)c2ccccc21. The summed E-state index contributed by atoms with van der Waals surface area (Å²) in [5.41, 5.74) is 1.72. The van der Waals surface area contributed by atoms with Crippen LogP contribution in [-0.4, -0.2) is 16.5 Å². The summed E-state index contributed by atoms with van der Waals surface area (Å²) >= 11 is 0. The fraction of sp³-hybridized carbons (Fsp3) is 0.0667.